The van der Waals surface area contributed by atoms with Gasteiger partial charge < -0.3 is 24.1 Å². The van der Waals surface area contributed by atoms with Crippen LogP contribution in [0.2, 0.25) is 0 Å². The van der Waals surface area contributed by atoms with Crippen molar-refractivity contribution in [3.8, 4) is 11.1 Å². The van der Waals surface area contributed by atoms with E-state index in [2.05, 4.69) is 51.4 Å². The molecule has 4 aromatic rings. The summed E-state index contributed by atoms with van der Waals surface area (Å²) in [5.41, 5.74) is 3.80. The van der Waals surface area contributed by atoms with E-state index >= 15 is 0 Å². The van der Waals surface area contributed by atoms with Crippen molar-refractivity contribution in [1.29, 1.82) is 0 Å². The lowest BCUT2D eigenvalue weighted by molar-refractivity contribution is -0.132. The molecule has 210 valence electrons. The van der Waals surface area contributed by atoms with Crippen molar-refractivity contribution in [1.82, 2.24) is 24.3 Å². The maximum atomic E-state index is 13.4. The second kappa shape index (κ2) is 13.0. The standard InChI is InChI=1S/C32H39N5O3/c1-3-31(38)35-15-12-24(13-16-35)20-37-23-33-19-27(37)22-36-21-26(18-30(36)32(39)34-14-7-17-40-2)29-11-6-9-25-8-4-5-10-28(25)29/h4-6,8-11,18-19,21,23-24H,3,7,12-17,20,22H2,1-2H3,(H,34,39). The fraction of sp³-hybridized carbons (Fsp3) is 0.406. The molecule has 0 unspecified atom stereocenters. The summed E-state index contributed by atoms with van der Waals surface area (Å²) in [6.07, 6.45) is 9.18. The number of amides is 2. The van der Waals surface area contributed by atoms with Gasteiger partial charge in [-0.25, -0.2) is 4.98 Å². The number of fused-ring (bicyclic) bond motifs is 1. The Balaban J connectivity index is 1.38. The molecule has 1 fully saturated rings. The van der Waals surface area contributed by atoms with Gasteiger partial charge in [0.1, 0.15) is 5.69 Å². The van der Waals surface area contributed by atoms with Crippen LogP contribution in [0.4, 0.5) is 0 Å². The highest BCUT2D eigenvalue weighted by molar-refractivity contribution is 5.99. The van der Waals surface area contributed by atoms with Gasteiger partial charge in [0.15, 0.2) is 0 Å². The Morgan fingerprint density at radius 3 is 2.67 bits per heavy atom. The number of carbonyl (C=O) groups excluding carboxylic acids is 2. The SMILES string of the molecule is CCC(=O)N1CCC(Cn2cncc2Cn2cc(-c3cccc4ccccc34)cc2C(=O)NCCCOC)CC1. The molecule has 3 heterocycles. The average molecular weight is 542 g/mol. The largest absolute Gasteiger partial charge is 0.385 e. The van der Waals surface area contributed by atoms with Gasteiger partial charge in [-0.3, -0.25) is 9.59 Å². The van der Waals surface area contributed by atoms with Gasteiger partial charge in [0.05, 0.1) is 18.6 Å². The van der Waals surface area contributed by atoms with Crippen LogP contribution in [0, 0.1) is 5.92 Å². The predicted molar refractivity (Wildman–Crippen MR) is 157 cm³/mol. The number of imidazole rings is 1. The molecule has 2 amide bonds. The van der Waals surface area contributed by atoms with E-state index in [1.165, 1.54) is 5.39 Å². The number of aromatic nitrogens is 3. The molecule has 0 spiro atoms. The molecule has 1 aliphatic heterocycles. The van der Waals surface area contributed by atoms with Gasteiger partial charge >= 0.3 is 0 Å². The van der Waals surface area contributed by atoms with E-state index in [1.54, 1.807) is 7.11 Å². The van der Waals surface area contributed by atoms with Crippen molar-refractivity contribution in [3.05, 3.63) is 78.6 Å². The summed E-state index contributed by atoms with van der Waals surface area (Å²) in [4.78, 5) is 31.9. The van der Waals surface area contributed by atoms with Crippen LogP contribution in [0.1, 0.15) is 48.8 Å². The minimum absolute atomic E-state index is 0.0957. The van der Waals surface area contributed by atoms with Crippen molar-refractivity contribution in [2.45, 2.75) is 45.7 Å². The molecule has 1 N–H and O–H groups in total. The third kappa shape index (κ3) is 6.28. The van der Waals surface area contributed by atoms with Crippen LogP contribution in [0.15, 0.2) is 67.3 Å². The van der Waals surface area contributed by atoms with Gasteiger partial charge in [0.2, 0.25) is 5.91 Å². The van der Waals surface area contributed by atoms with Crippen LogP contribution in [0.25, 0.3) is 21.9 Å². The van der Waals surface area contributed by atoms with Crippen molar-refractivity contribution in [3.63, 3.8) is 0 Å². The highest BCUT2D eigenvalue weighted by Crippen LogP contribution is 2.30. The lowest BCUT2D eigenvalue weighted by atomic mass is 9.96. The first-order chi connectivity index (χ1) is 19.6. The first-order valence-corrected chi connectivity index (χ1v) is 14.3. The number of benzene rings is 2. The Kier molecular flexibility index (Phi) is 8.96. The minimum atomic E-state index is -0.0957. The van der Waals surface area contributed by atoms with Gasteiger partial charge in [0, 0.05) is 64.3 Å². The van der Waals surface area contributed by atoms with Crippen LogP contribution < -0.4 is 5.32 Å². The van der Waals surface area contributed by atoms with E-state index in [1.807, 2.05) is 47.1 Å². The molecule has 40 heavy (non-hydrogen) atoms. The summed E-state index contributed by atoms with van der Waals surface area (Å²) >= 11 is 0. The molecule has 0 bridgehead atoms. The summed E-state index contributed by atoms with van der Waals surface area (Å²) in [6, 6.07) is 16.6. The lowest BCUT2D eigenvalue weighted by Crippen LogP contribution is -2.39. The number of hydrogen-bond donors (Lipinski definition) is 1. The van der Waals surface area contributed by atoms with Crippen molar-refractivity contribution in [2.75, 3.05) is 33.4 Å². The average Bonchev–Trinajstić information content (AvgIpc) is 3.62. The number of rotatable bonds is 11. The van der Waals surface area contributed by atoms with E-state index in [0.717, 1.165) is 61.1 Å². The number of carbonyl (C=O) groups is 2. The second-order valence-electron chi connectivity index (χ2n) is 10.6. The Labute approximate surface area is 235 Å². The maximum absolute atomic E-state index is 13.4. The summed E-state index contributed by atoms with van der Waals surface area (Å²) in [5.74, 6) is 0.638. The van der Waals surface area contributed by atoms with E-state index in [0.29, 0.717) is 37.7 Å². The van der Waals surface area contributed by atoms with Crippen LogP contribution >= 0.6 is 0 Å². The van der Waals surface area contributed by atoms with Crippen LogP contribution in [-0.4, -0.2) is 64.2 Å². The van der Waals surface area contributed by atoms with Crippen molar-refractivity contribution < 1.29 is 14.3 Å². The normalized spacial score (nSPS) is 14.1. The molecule has 5 rings (SSSR count). The first-order valence-electron chi connectivity index (χ1n) is 14.3. The van der Waals surface area contributed by atoms with E-state index in [4.69, 9.17) is 4.74 Å². The number of methoxy groups -OCH3 is 1. The quantitative estimate of drug-likeness (QED) is 0.272. The summed E-state index contributed by atoms with van der Waals surface area (Å²) in [6.45, 7) is 6.12. The molecule has 1 saturated heterocycles. The summed E-state index contributed by atoms with van der Waals surface area (Å²) in [5, 5.41) is 5.39. The van der Waals surface area contributed by atoms with Crippen molar-refractivity contribution >= 4 is 22.6 Å². The second-order valence-corrected chi connectivity index (χ2v) is 10.6. The molecule has 2 aromatic heterocycles. The van der Waals surface area contributed by atoms with Gasteiger partial charge in [-0.05, 0) is 47.6 Å². The molecule has 0 radical (unpaired) electrons. The first kappa shape index (κ1) is 27.6. The smallest absolute Gasteiger partial charge is 0.267 e. The number of ether oxygens (including phenoxy) is 1. The monoisotopic (exact) mass is 541 g/mol. The molecular formula is C32H39N5O3. The number of hydrogen-bond acceptors (Lipinski definition) is 4. The molecule has 8 heteroatoms. The number of likely N-dealkylation sites (tertiary alicyclic amines) is 1. The van der Waals surface area contributed by atoms with Gasteiger partial charge in [-0.2, -0.15) is 0 Å². The van der Waals surface area contributed by atoms with Crippen LogP contribution in [0.5, 0.6) is 0 Å². The zero-order valence-corrected chi connectivity index (χ0v) is 23.5. The van der Waals surface area contributed by atoms with Crippen molar-refractivity contribution in [2.24, 2.45) is 5.92 Å². The highest BCUT2D eigenvalue weighted by atomic mass is 16.5. The fourth-order valence-corrected chi connectivity index (χ4v) is 5.65. The van der Waals surface area contributed by atoms with Gasteiger partial charge in [0.25, 0.3) is 5.91 Å². The number of nitrogens with one attached hydrogen (secondary N) is 1. The highest BCUT2D eigenvalue weighted by Gasteiger charge is 2.23. The molecule has 0 atom stereocenters. The van der Waals surface area contributed by atoms with Gasteiger partial charge in [-0.15, -0.1) is 0 Å². The Hall–Kier alpha value is -3.91. The van der Waals surface area contributed by atoms with Crippen LogP contribution in [-0.2, 0) is 22.6 Å². The summed E-state index contributed by atoms with van der Waals surface area (Å²) < 4.78 is 9.39. The topological polar surface area (TPSA) is 81.4 Å². The molecule has 0 aliphatic carbocycles. The third-order valence-corrected chi connectivity index (χ3v) is 7.90. The minimum Gasteiger partial charge on any atom is -0.385 e. The third-order valence-electron chi connectivity index (χ3n) is 7.90. The molecular weight excluding hydrogens is 502 g/mol. The zero-order chi connectivity index (χ0) is 27.9. The van der Waals surface area contributed by atoms with Gasteiger partial charge in [-0.1, -0.05) is 49.4 Å². The Bertz CT molecular complexity index is 1440. The van der Waals surface area contributed by atoms with E-state index in [9.17, 15) is 9.59 Å². The summed E-state index contributed by atoms with van der Waals surface area (Å²) in [7, 11) is 1.67. The maximum Gasteiger partial charge on any atom is 0.267 e. The molecule has 8 nitrogen and oxygen atoms in total. The fourth-order valence-electron chi connectivity index (χ4n) is 5.65. The lowest BCUT2D eigenvalue weighted by Gasteiger charge is -2.32. The van der Waals surface area contributed by atoms with Crippen LogP contribution in [0.3, 0.4) is 0 Å². The number of piperidine rings is 1. The van der Waals surface area contributed by atoms with E-state index in [-0.39, 0.29) is 11.8 Å². The van der Waals surface area contributed by atoms with E-state index < -0.39 is 0 Å². The predicted octanol–water partition coefficient (Wildman–Crippen LogP) is 4.97. The Morgan fingerprint density at radius 1 is 1.07 bits per heavy atom. The molecule has 2 aromatic carbocycles. The number of nitrogens with zero attached hydrogens (tertiary/aromatic N) is 4. The Morgan fingerprint density at radius 2 is 1.88 bits per heavy atom. The molecule has 0 saturated carbocycles. The zero-order valence-electron chi connectivity index (χ0n) is 23.5. The molecule has 1 aliphatic rings.